The molecule has 1 amide bonds. The Bertz CT molecular complexity index is 865. The SMILES string of the molecule is CCCCN1C(=O)C(=O)/C(=C(\O)c2ccc(OC(C)C)cc2)C1c1ccco1. The molecule has 6 nitrogen and oxygen atoms in total. The van der Waals surface area contributed by atoms with Gasteiger partial charge < -0.3 is 19.2 Å². The Kier molecular flexibility index (Phi) is 5.87. The Labute approximate surface area is 164 Å². The molecular formula is C22H25NO5. The lowest BCUT2D eigenvalue weighted by Gasteiger charge is -2.23. The number of rotatable bonds is 7. The minimum absolute atomic E-state index is 0.0299. The lowest BCUT2D eigenvalue weighted by molar-refractivity contribution is -0.140. The van der Waals surface area contributed by atoms with Crippen molar-refractivity contribution in [3.63, 3.8) is 0 Å². The first-order valence-corrected chi connectivity index (χ1v) is 9.53. The van der Waals surface area contributed by atoms with Crippen molar-refractivity contribution in [3.8, 4) is 5.75 Å². The van der Waals surface area contributed by atoms with Crippen LogP contribution in [0.2, 0.25) is 0 Å². The quantitative estimate of drug-likeness (QED) is 0.438. The van der Waals surface area contributed by atoms with E-state index in [0.717, 1.165) is 12.8 Å². The Morgan fingerprint density at radius 1 is 1.21 bits per heavy atom. The van der Waals surface area contributed by atoms with E-state index in [9.17, 15) is 14.7 Å². The number of ketones is 1. The largest absolute Gasteiger partial charge is 0.507 e. The fourth-order valence-corrected chi connectivity index (χ4v) is 3.30. The molecule has 28 heavy (non-hydrogen) atoms. The number of Topliss-reactive ketones (excluding diaryl/α,β-unsaturated/α-hetero) is 1. The van der Waals surface area contributed by atoms with Gasteiger partial charge in [0.25, 0.3) is 11.7 Å². The van der Waals surface area contributed by atoms with Crippen molar-refractivity contribution in [2.45, 2.75) is 45.8 Å². The first-order valence-electron chi connectivity index (χ1n) is 9.53. The van der Waals surface area contributed by atoms with E-state index < -0.39 is 17.7 Å². The molecule has 1 aromatic carbocycles. The van der Waals surface area contributed by atoms with Crippen LogP contribution in [-0.4, -0.2) is 34.3 Å². The average molecular weight is 383 g/mol. The second kappa shape index (κ2) is 8.33. The number of carbonyl (C=O) groups excluding carboxylic acids is 2. The molecule has 0 spiro atoms. The number of hydrogen-bond acceptors (Lipinski definition) is 5. The molecule has 1 unspecified atom stereocenters. The van der Waals surface area contributed by atoms with Crippen molar-refractivity contribution < 1.29 is 23.8 Å². The number of nitrogens with zero attached hydrogens (tertiary/aromatic N) is 1. The summed E-state index contributed by atoms with van der Waals surface area (Å²) in [6.07, 6.45) is 3.16. The Morgan fingerprint density at radius 2 is 1.93 bits per heavy atom. The number of aliphatic hydroxyl groups is 1. The van der Waals surface area contributed by atoms with Crippen LogP contribution >= 0.6 is 0 Å². The van der Waals surface area contributed by atoms with E-state index in [-0.39, 0.29) is 17.4 Å². The van der Waals surface area contributed by atoms with Crippen LogP contribution in [0, 0.1) is 0 Å². The fourth-order valence-electron chi connectivity index (χ4n) is 3.30. The van der Waals surface area contributed by atoms with Gasteiger partial charge >= 0.3 is 0 Å². The first kappa shape index (κ1) is 19.7. The molecule has 1 fully saturated rings. The van der Waals surface area contributed by atoms with Crippen molar-refractivity contribution in [1.82, 2.24) is 4.90 Å². The number of amides is 1. The van der Waals surface area contributed by atoms with Gasteiger partial charge in [-0.3, -0.25) is 9.59 Å². The van der Waals surface area contributed by atoms with Crippen LogP contribution in [0.5, 0.6) is 5.75 Å². The molecule has 0 aliphatic carbocycles. The van der Waals surface area contributed by atoms with Gasteiger partial charge in [-0.05, 0) is 56.7 Å². The van der Waals surface area contributed by atoms with E-state index >= 15 is 0 Å². The summed E-state index contributed by atoms with van der Waals surface area (Å²) in [6, 6.07) is 9.48. The molecule has 1 atom stereocenters. The van der Waals surface area contributed by atoms with Crippen LogP contribution in [0.3, 0.4) is 0 Å². The highest BCUT2D eigenvalue weighted by atomic mass is 16.5. The summed E-state index contributed by atoms with van der Waals surface area (Å²) in [7, 11) is 0. The normalized spacial score (nSPS) is 18.9. The van der Waals surface area contributed by atoms with Crippen LogP contribution in [0.1, 0.15) is 51.0 Å². The molecule has 1 aliphatic heterocycles. The zero-order valence-corrected chi connectivity index (χ0v) is 16.3. The van der Waals surface area contributed by atoms with Gasteiger partial charge in [-0.1, -0.05) is 13.3 Å². The van der Waals surface area contributed by atoms with Crippen LogP contribution in [0.15, 0.2) is 52.7 Å². The minimum atomic E-state index is -0.729. The summed E-state index contributed by atoms with van der Waals surface area (Å²) in [5.41, 5.74) is 0.495. The molecule has 6 heteroatoms. The number of likely N-dealkylation sites (tertiary alicyclic amines) is 1. The highest BCUT2D eigenvalue weighted by Gasteiger charge is 2.47. The summed E-state index contributed by atoms with van der Waals surface area (Å²) in [5, 5.41) is 10.9. The predicted molar refractivity (Wildman–Crippen MR) is 105 cm³/mol. The number of ether oxygens (including phenoxy) is 1. The molecule has 1 N–H and O–H groups in total. The van der Waals surface area contributed by atoms with Gasteiger partial charge in [0, 0.05) is 12.1 Å². The Hall–Kier alpha value is -3.02. The predicted octanol–water partition coefficient (Wildman–Crippen LogP) is 4.29. The van der Waals surface area contributed by atoms with Gasteiger partial charge in [0.05, 0.1) is 17.9 Å². The van der Waals surface area contributed by atoms with Crippen LogP contribution in [0.25, 0.3) is 5.76 Å². The number of benzene rings is 1. The molecule has 148 valence electrons. The highest BCUT2D eigenvalue weighted by Crippen LogP contribution is 2.39. The molecule has 0 saturated carbocycles. The molecule has 0 bridgehead atoms. The van der Waals surface area contributed by atoms with Crippen molar-refractivity contribution in [2.24, 2.45) is 0 Å². The van der Waals surface area contributed by atoms with Crippen molar-refractivity contribution in [1.29, 1.82) is 0 Å². The van der Waals surface area contributed by atoms with E-state index in [2.05, 4.69) is 0 Å². The Morgan fingerprint density at radius 3 is 2.50 bits per heavy atom. The van der Waals surface area contributed by atoms with Gasteiger partial charge in [0.15, 0.2) is 0 Å². The van der Waals surface area contributed by atoms with E-state index in [4.69, 9.17) is 9.15 Å². The second-order valence-corrected chi connectivity index (χ2v) is 7.05. The summed E-state index contributed by atoms with van der Waals surface area (Å²) >= 11 is 0. The lowest BCUT2D eigenvalue weighted by atomic mass is 9.99. The van der Waals surface area contributed by atoms with E-state index in [0.29, 0.717) is 23.6 Å². The lowest BCUT2D eigenvalue weighted by Crippen LogP contribution is -2.30. The first-order chi connectivity index (χ1) is 13.4. The van der Waals surface area contributed by atoms with Crippen molar-refractivity contribution in [3.05, 3.63) is 59.6 Å². The zero-order valence-electron chi connectivity index (χ0n) is 16.3. The third-order valence-corrected chi connectivity index (χ3v) is 4.60. The maximum absolute atomic E-state index is 12.7. The monoisotopic (exact) mass is 383 g/mol. The summed E-state index contributed by atoms with van der Waals surface area (Å²) in [5.74, 6) is -0.405. The van der Waals surface area contributed by atoms with Crippen molar-refractivity contribution in [2.75, 3.05) is 6.54 Å². The average Bonchev–Trinajstić information content (AvgIpc) is 3.27. The van der Waals surface area contributed by atoms with Crippen LogP contribution in [-0.2, 0) is 9.59 Å². The third kappa shape index (κ3) is 3.81. The maximum Gasteiger partial charge on any atom is 0.295 e. The van der Waals surface area contributed by atoms with Gasteiger partial charge in [-0.15, -0.1) is 0 Å². The number of hydrogen-bond donors (Lipinski definition) is 1. The molecule has 3 rings (SSSR count). The number of aliphatic hydroxyl groups excluding tert-OH is 1. The smallest absolute Gasteiger partial charge is 0.295 e. The topological polar surface area (TPSA) is 80.0 Å². The fraction of sp³-hybridized carbons (Fsp3) is 0.364. The summed E-state index contributed by atoms with van der Waals surface area (Å²) < 4.78 is 11.1. The molecule has 1 saturated heterocycles. The maximum atomic E-state index is 12.7. The second-order valence-electron chi connectivity index (χ2n) is 7.05. The molecule has 2 heterocycles. The molecular weight excluding hydrogens is 358 g/mol. The van der Waals surface area contributed by atoms with Crippen LogP contribution in [0.4, 0.5) is 0 Å². The van der Waals surface area contributed by atoms with E-state index in [1.54, 1.807) is 36.4 Å². The number of furan rings is 1. The molecule has 1 aliphatic rings. The minimum Gasteiger partial charge on any atom is -0.507 e. The van der Waals surface area contributed by atoms with Gasteiger partial charge in [-0.25, -0.2) is 0 Å². The zero-order chi connectivity index (χ0) is 20.3. The molecule has 2 aromatic rings. The van der Waals surface area contributed by atoms with E-state index in [1.807, 2.05) is 20.8 Å². The summed E-state index contributed by atoms with van der Waals surface area (Å²) in [4.78, 5) is 26.8. The molecule has 0 radical (unpaired) electrons. The van der Waals surface area contributed by atoms with Gasteiger partial charge in [0.2, 0.25) is 0 Å². The highest BCUT2D eigenvalue weighted by molar-refractivity contribution is 6.46. The molecule has 1 aromatic heterocycles. The number of unbranched alkanes of at least 4 members (excludes halogenated alkanes) is 1. The van der Waals surface area contributed by atoms with Gasteiger partial charge in [-0.2, -0.15) is 0 Å². The van der Waals surface area contributed by atoms with Gasteiger partial charge in [0.1, 0.15) is 23.3 Å². The standard InChI is InChI=1S/C22H25NO5/c1-4-5-12-23-19(17-7-6-13-27-17)18(21(25)22(23)26)20(24)15-8-10-16(11-9-15)28-14(2)3/h6-11,13-14,19,24H,4-5,12H2,1-3H3/b20-18-. The third-order valence-electron chi connectivity index (χ3n) is 4.60. The number of carbonyl (C=O) groups is 2. The van der Waals surface area contributed by atoms with E-state index in [1.165, 1.54) is 11.2 Å². The summed E-state index contributed by atoms with van der Waals surface area (Å²) in [6.45, 7) is 6.29. The van der Waals surface area contributed by atoms with Crippen molar-refractivity contribution >= 4 is 17.4 Å². The Balaban J connectivity index is 2.03. The van der Waals surface area contributed by atoms with Crippen LogP contribution < -0.4 is 4.74 Å².